The Morgan fingerprint density at radius 1 is 1.10 bits per heavy atom. The highest BCUT2D eigenvalue weighted by molar-refractivity contribution is 6.12. The minimum Gasteiger partial charge on any atom is -0.496 e. The fourth-order valence-corrected chi connectivity index (χ4v) is 3.83. The van der Waals surface area contributed by atoms with Crippen LogP contribution in [0.15, 0.2) is 60.4 Å². The zero-order valence-electron chi connectivity index (χ0n) is 16.9. The van der Waals surface area contributed by atoms with Crippen molar-refractivity contribution in [2.45, 2.75) is 32.1 Å². The van der Waals surface area contributed by atoms with E-state index >= 15 is 0 Å². The van der Waals surface area contributed by atoms with E-state index in [1.54, 1.807) is 37.5 Å². The van der Waals surface area contributed by atoms with Crippen LogP contribution in [-0.2, 0) is 4.79 Å². The van der Waals surface area contributed by atoms with Gasteiger partial charge < -0.3 is 14.2 Å². The summed E-state index contributed by atoms with van der Waals surface area (Å²) >= 11 is 0. The Hall–Kier alpha value is -3.34. The summed E-state index contributed by atoms with van der Waals surface area (Å²) in [6.07, 6.45) is 10.3. The molecule has 1 aliphatic heterocycles. The molecular formula is C25H24O5. The molecule has 5 heteroatoms. The SMILES string of the molecule is COc1ccccc1C=CC=C1Oc2cc(OC(=O)C3CCCCC3)ccc2C1=O. The Morgan fingerprint density at radius 3 is 2.70 bits per heavy atom. The summed E-state index contributed by atoms with van der Waals surface area (Å²) in [5.74, 6) is 1.36. The maximum absolute atomic E-state index is 12.6. The number of carbonyl (C=O) groups excluding carboxylic acids is 2. The van der Waals surface area contributed by atoms with E-state index in [0.717, 1.165) is 37.0 Å². The van der Waals surface area contributed by atoms with E-state index in [2.05, 4.69) is 0 Å². The first-order chi connectivity index (χ1) is 14.7. The maximum Gasteiger partial charge on any atom is 0.314 e. The van der Waals surface area contributed by atoms with Crippen LogP contribution in [0.3, 0.4) is 0 Å². The monoisotopic (exact) mass is 404 g/mol. The predicted octanol–water partition coefficient (Wildman–Crippen LogP) is 5.35. The number of carbonyl (C=O) groups is 2. The van der Waals surface area contributed by atoms with Crippen LogP contribution in [0.25, 0.3) is 6.08 Å². The lowest BCUT2D eigenvalue weighted by molar-refractivity contribution is -0.139. The number of ketones is 1. The molecule has 4 rings (SSSR count). The highest BCUT2D eigenvalue weighted by atomic mass is 16.5. The number of methoxy groups -OCH3 is 1. The summed E-state index contributed by atoms with van der Waals surface area (Å²) in [6.45, 7) is 0. The van der Waals surface area contributed by atoms with Crippen LogP contribution in [-0.4, -0.2) is 18.9 Å². The lowest BCUT2D eigenvalue weighted by Gasteiger charge is -2.19. The molecule has 0 saturated heterocycles. The summed E-state index contributed by atoms with van der Waals surface area (Å²) in [7, 11) is 1.62. The molecule has 0 atom stereocenters. The van der Waals surface area contributed by atoms with Gasteiger partial charge in [-0.25, -0.2) is 0 Å². The molecule has 0 radical (unpaired) electrons. The minimum atomic E-state index is -0.200. The van der Waals surface area contributed by atoms with Crippen molar-refractivity contribution in [3.63, 3.8) is 0 Å². The molecule has 0 N–H and O–H groups in total. The molecule has 1 aliphatic carbocycles. The van der Waals surface area contributed by atoms with Gasteiger partial charge in [0.15, 0.2) is 5.76 Å². The first kappa shape index (κ1) is 20.0. The van der Waals surface area contributed by atoms with Gasteiger partial charge >= 0.3 is 5.97 Å². The molecule has 2 aliphatic rings. The first-order valence-electron chi connectivity index (χ1n) is 10.3. The number of rotatable bonds is 5. The summed E-state index contributed by atoms with van der Waals surface area (Å²) in [4.78, 5) is 24.9. The van der Waals surface area contributed by atoms with Gasteiger partial charge in [-0.05, 0) is 37.1 Å². The number of ether oxygens (including phenoxy) is 3. The highest BCUT2D eigenvalue weighted by Crippen LogP contribution is 2.35. The third kappa shape index (κ3) is 4.30. The molecule has 1 heterocycles. The average Bonchev–Trinajstić information content (AvgIpc) is 3.09. The van der Waals surface area contributed by atoms with Crippen LogP contribution in [0.4, 0.5) is 0 Å². The Labute approximate surface area is 176 Å². The normalized spacial score (nSPS) is 17.8. The van der Waals surface area contributed by atoms with Gasteiger partial charge in [-0.15, -0.1) is 0 Å². The Kier molecular flexibility index (Phi) is 5.98. The number of hydrogen-bond acceptors (Lipinski definition) is 5. The minimum absolute atomic E-state index is 0.0369. The molecule has 30 heavy (non-hydrogen) atoms. The molecule has 0 unspecified atom stereocenters. The molecule has 0 spiro atoms. The van der Waals surface area contributed by atoms with E-state index in [4.69, 9.17) is 14.2 Å². The third-order valence-corrected chi connectivity index (χ3v) is 5.46. The van der Waals surface area contributed by atoms with Gasteiger partial charge in [0, 0.05) is 11.6 Å². The van der Waals surface area contributed by atoms with Gasteiger partial charge in [-0.3, -0.25) is 9.59 Å². The van der Waals surface area contributed by atoms with Gasteiger partial charge in [0.05, 0.1) is 18.6 Å². The molecule has 0 amide bonds. The van der Waals surface area contributed by atoms with Crippen molar-refractivity contribution in [3.8, 4) is 17.2 Å². The predicted molar refractivity (Wildman–Crippen MR) is 114 cm³/mol. The second kappa shape index (κ2) is 8.99. The van der Waals surface area contributed by atoms with Gasteiger partial charge in [0.25, 0.3) is 0 Å². The Balaban J connectivity index is 1.45. The van der Waals surface area contributed by atoms with Crippen LogP contribution in [0, 0.1) is 5.92 Å². The van der Waals surface area contributed by atoms with E-state index in [1.807, 2.05) is 30.3 Å². The Morgan fingerprint density at radius 2 is 1.90 bits per heavy atom. The molecule has 154 valence electrons. The fraction of sp³-hybridized carbons (Fsp3) is 0.280. The number of esters is 1. The van der Waals surface area contributed by atoms with Crippen LogP contribution in [0.2, 0.25) is 0 Å². The number of hydrogen-bond donors (Lipinski definition) is 0. The topological polar surface area (TPSA) is 61.8 Å². The van der Waals surface area contributed by atoms with Gasteiger partial charge in [0.2, 0.25) is 5.78 Å². The van der Waals surface area contributed by atoms with Crippen molar-refractivity contribution in [1.29, 1.82) is 0 Å². The number of allylic oxidation sites excluding steroid dienone is 3. The van der Waals surface area contributed by atoms with Crippen molar-refractivity contribution < 1.29 is 23.8 Å². The zero-order chi connectivity index (χ0) is 20.9. The number of benzene rings is 2. The number of para-hydroxylation sites is 1. The van der Waals surface area contributed by atoms with Crippen LogP contribution < -0.4 is 14.2 Å². The Bertz CT molecular complexity index is 1010. The standard InChI is InChI=1S/C25H24O5/c1-28-21-12-6-5-8-17(21)11-7-13-22-24(26)20-15-14-19(16-23(20)30-22)29-25(27)18-9-3-2-4-10-18/h5-8,11-16,18H,2-4,9-10H2,1H3. The lowest BCUT2D eigenvalue weighted by atomic mass is 9.89. The smallest absolute Gasteiger partial charge is 0.314 e. The van der Waals surface area contributed by atoms with Crippen LogP contribution in [0.1, 0.15) is 48.0 Å². The molecule has 0 bridgehead atoms. The molecular weight excluding hydrogens is 380 g/mol. The third-order valence-electron chi connectivity index (χ3n) is 5.46. The van der Waals surface area contributed by atoms with Crippen molar-refractivity contribution in [2.75, 3.05) is 7.11 Å². The second-order valence-electron chi connectivity index (χ2n) is 7.48. The quantitative estimate of drug-likeness (QED) is 0.382. The number of Topliss-reactive ketones (excluding diaryl/α,β-unsaturated/α-hetero) is 1. The summed E-state index contributed by atoms with van der Waals surface area (Å²) in [6, 6.07) is 12.5. The number of fused-ring (bicyclic) bond motifs is 1. The van der Waals surface area contributed by atoms with E-state index in [-0.39, 0.29) is 23.4 Å². The molecule has 5 nitrogen and oxygen atoms in total. The van der Waals surface area contributed by atoms with Gasteiger partial charge in [-0.2, -0.15) is 0 Å². The largest absolute Gasteiger partial charge is 0.496 e. The summed E-state index contributed by atoms with van der Waals surface area (Å²) in [5.41, 5.74) is 1.36. The van der Waals surface area contributed by atoms with Crippen LogP contribution in [0.5, 0.6) is 17.2 Å². The van der Waals surface area contributed by atoms with E-state index in [0.29, 0.717) is 17.1 Å². The molecule has 2 aromatic rings. The van der Waals surface area contributed by atoms with Crippen molar-refractivity contribution in [3.05, 3.63) is 71.5 Å². The first-order valence-corrected chi connectivity index (χ1v) is 10.3. The van der Waals surface area contributed by atoms with E-state index in [9.17, 15) is 9.59 Å². The average molecular weight is 404 g/mol. The summed E-state index contributed by atoms with van der Waals surface area (Å²) < 4.78 is 16.6. The van der Waals surface area contributed by atoms with E-state index in [1.165, 1.54) is 6.42 Å². The van der Waals surface area contributed by atoms with E-state index < -0.39 is 0 Å². The van der Waals surface area contributed by atoms with Crippen LogP contribution >= 0.6 is 0 Å². The lowest BCUT2D eigenvalue weighted by Crippen LogP contribution is -2.22. The molecule has 2 aromatic carbocycles. The van der Waals surface area contributed by atoms with Gasteiger partial charge in [-0.1, -0.05) is 49.6 Å². The van der Waals surface area contributed by atoms with Crippen molar-refractivity contribution in [2.24, 2.45) is 5.92 Å². The highest BCUT2D eigenvalue weighted by Gasteiger charge is 2.28. The zero-order valence-corrected chi connectivity index (χ0v) is 16.9. The molecule has 1 saturated carbocycles. The maximum atomic E-state index is 12.6. The van der Waals surface area contributed by atoms with Crippen molar-refractivity contribution >= 4 is 17.8 Å². The van der Waals surface area contributed by atoms with Crippen molar-refractivity contribution in [1.82, 2.24) is 0 Å². The second-order valence-corrected chi connectivity index (χ2v) is 7.48. The summed E-state index contributed by atoms with van der Waals surface area (Å²) in [5, 5.41) is 0. The fourth-order valence-electron chi connectivity index (χ4n) is 3.83. The van der Waals surface area contributed by atoms with Gasteiger partial charge in [0.1, 0.15) is 17.2 Å². The molecule has 1 fully saturated rings. The molecule has 0 aromatic heterocycles.